The molecule has 0 unspecified atom stereocenters. The van der Waals surface area contributed by atoms with E-state index in [-0.39, 0.29) is 0 Å². The van der Waals surface area contributed by atoms with Crippen LogP contribution in [0.2, 0.25) is 0 Å². The molecule has 0 bridgehead atoms. The van der Waals surface area contributed by atoms with Crippen LogP contribution in [0.1, 0.15) is 62.5 Å². The van der Waals surface area contributed by atoms with Crippen molar-refractivity contribution in [2.24, 2.45) is 0 Å². The van der Waals surface area contributed by atoms with Gasteiger partial charge in [0.2, 0.25) is 6.33 Å². The quantitative estimate of drug-likeness (QED) is 0.0721. The van der Waals surface area contributed by atoms with E-state index >= 15 is 0 Å². The molecule has 238 valence electrons. The lowest BCUT2D eigenvalue weighted by atomic mass is 10.0. The molecule has 5 rings (SSSR count). The predicted molar refractivity (Wildman–Crippen MR) is 186 cm³/mol. The van der Waals surface area contributed by atoms with Crippen LogP contribution in [-0.4, -0.2) is 17.8 Å². The Kier molecular flexibility index (Phi) is 12.6. The van der Waals surface area contributed by atoms with Gasteiger partial charge < -0.3 is 9.47 Å². The van der Waals surface area contributed by atoms with Gasteiger partial charge in [0.1, 0.15) is 23.9 Å². The van der Waals surface area contributed by atoms with Crippen molar-refractivity contribution in [3.05, 3.63) is 127 Å². The van der Waals surface area contributed by atoms with E-state index < -0.39 is 0 Å². The highest BCUT2D eigenvalue weighted by Gasteiger charge is 2.05. The molecule has 6 nitrogen and oxygen atoms in total. The topological polar surface area (TPSA) is 74.8 Å². The molecule has 0 atom stereocenters. The second-order valence-electron chi connectivity index (χ2n) is 11.8. The molecular formula is C41H43N4O2+. The van der Waals surface area contributed by atoms with Gasteiger partial charge >= 0.3 is 0 Å². The molecule has 0 spiro atoms. The Morgan fingerprint density at radius 3 is 1.43 bits per heavy atom. The van der Waals surface area contributed by atoms with Crippen LogP contribution >= 0.6 is 0 Å². The first-order valence-corrected chi connectivity index (χ1v) is 16.7. The fraction of sp³-hybridized carbons (Fsp3) is 0.293. The van der Waals surface area contributed by atoms with Gasteiger partial charge in [-0.15, -0.1) is 0 Å². The summed E-state index contributed by atoms with van der Waals surface area (Å²) in [6.45, 7) is 3.52. The Bertz CT molecular complexity index is 1730. The Labute approximate surface area is 279 Å². The number of aromatic nitrogens is 2. The largest absolute Gasteiger partial charge is 0.494 e. The number of rotatable bonds is 18. The summed E-state index contributed by atoms with van der Waals surface area (Å²) in [7, 11) is 0. The summed E-state index contributed by atoms with van der Waals surface area (Å²) in [6.07, 6.45) is 15.9. The summed E-state index contributed by atoms with van der Waals surface area (Å²) in [5, 5.41) is 17.9. The van der Waals surface area contributed by atoms with Crippen LogP contribution in [0.3, 0.4) is 0 Å². The molecule has 4 aromatic carbocycles. The second kappa shape index (κ2) is 18.0. The van der Waals surface area contributed by atoms with Crippen LogP contribution in [0.25, 0.3) is 22.3 Å². The number of hydrogen-bond donors (Lipinski definition) is 0. The van der Waals surface area contributed by atoms with Gasteiger partial charge in [-0.3, -0.25) is 0 Å². The van der Waals surface area contributed by atoms with Crippen molar-refractivity contribution in [3.63, 3.8) is 0 Å². The number of unbranched alkanes of at least 4 members (excludes halogenated alkanes) is 6. The maximum absolute atomic E-state index is 8.97. The first-order valence-electron chi connectivity index (χ1n) is 16.7. The van der Waals surface area contributed by atoms with E-state index in [9.17, 15) is 0 Å². The number of hydrogen-bond acceptors (Lipinski definition) is 4. The third-order valence-electron chi connectivity index (χ3n) is 8.31. The van der Waals surface area contributed by atoms with Crippen molar-refractivity contribution in [2.75, 3.05) is 13.2 Å². The van der Waals surface area contributed by atoms with E-state index in [4.69, 9.17) is 20.0 Å². The third-order valence-corrected chi connectivity index (χ3v) is 8.31. The molecule has 1 heterocycles. The standard InChI is InChI=1S/C41H43N4O2/c42-31-34-9-13-36(14-10-34)38-17-21-40(22-18-38)46-29-7-4-2-1-3-5-25-44-27-28-45(33-44)26-6-8-30-47-41-23-19-39(20-24-41)37-15-11-35(32-43)12-16-37/h9-24,27-28,33H,1-8,25-26,29-30H2/q+1. The zero-order chi connectivity index (χ0) is 32.5. The van der Waals surface area contributed by atoms with Crippen LogP contribution in [0.4, 0.5) is 0 Å². The predicted octanol–water partition coefficient (Wildman–Crippen LogP) is 9.13. The first kappa shape index (κ1) is 33.0. The van der Waals surface area contributed by atoms with Crippen molar-refractivity contribution in [1.82, 2.24) is 4.57 Å². The minimum absolute atomic E-state index is 0.672. The van der Waals surface area contributed by atoms with E-state index in [1.54, 1.807) is 0 Å². The zero-order valence-corrected chi connectivity index (χ0v) is 27.1. The summed E-state index contributed by atoms with van der Waals surface area (Å²) >= 11 is 0. The lowest BCUT2D eigenvalue weighted by Crippen LogP contribution is -2.30. The van der Waals surface area contributed by atoms with Gasteiger partial charge in [-0.1, -0.05) is 67.8 Å². The molecule has 0 aliphatic heterocycles. The Morgan fingerprint density at radius 1 is 0.511 bits per heavy atom. The van der Waals surface area contributed by atoms with Gasteiger partial charge in [-0.05, 0) is 103 Å². The molecule has 0 saturated carbocycles. The molecule has 6 heteroatoms. The molecule has 0 N–H and O–H groups in total. The van der Waals surface area contributed by atoms with Gasteiger partial charge in [0.05, 0.1) is 49.6 Å². The fourth-order valence-corrected chi connectivity index (χ4v) is 5.54. The van der Waals surface area contributed by atoms with E-state index in [2.05, 4.69) is 64.3 Å². The van der Waals surface area contributed by atoms with Crippen molar-refractivity contribution >= 4 is 0 Å². The second-order valence-corrected chi connectivity index (χ2v) is 11.8. The van der Waals surface area contributed by atoms with E-state index in [0.29, 0.717) is 17.7 Å². The van der Waals surface area contributed by atoms with E-state index in [1.165, 1.54) is 32.1 Å². The summed E-state index contributed by atoms with van der Waals surface area (Å²) in [4.78, 5) is 0. The zero-order valence-electron chi connectivity index (χ0n) is 27.1. The summed E-state index contributed by atoms with van der Waals surface area (Å²) in [5.41, 5.74) is 5.79. The number of imidazole rings is 1. The van der Waals surface area contributed by atoms with Crippen LogP contribution in [0.5, 0.6) is 11.5 Å². The average Bonchev–Trinajstić information content (AvgIpc) is 3.59. The molecule has 1 aromatic heterocycles. The molecular weight excluding hydrogens is 580 g/mol. The summed E-state index contributed by atoms with van der Waals surface area (Å²) < 4.78 is 16.5. The Morgan fingerprint density at radius 2 is 0.936 bits per heavy atom. The molecule has 0 fully saturated rings. The highest BCUT2D eigenvalue weighted by atomic mass is 16.5. The van der Waals surface area contributed by atoms with Crippen molar-refractivity contribution in [1.29, 1.82) is 10.5 Å². The number of nitriles is 2. The van der Waals surface area contributed by atoms with Crippen molar-refractivity contribution < 1.29 is 14.0 Å². The van der Waals surface area contributed by atoms with Crippen LogP contribution in [0, 0.1) is 22.7 Å². The first-order chi connectivity index (χ1) is 23.2. The fourth-order valence-electron chi connectivity index (χ4n) is 5.54. The summed E-state index contributed by atoms with van der Waals surface area (Å²) in [6, 6.07) is 35.9. The van der Waals surface area contributed by atoms with Gasteiger partial charge in [-0.2, -0.15) is 10.5 Å². The summed E-state index contributed by atoms with van der Waals surface area (Å²) in [5.74, 6) is 1.79. The third kappa shape index (κ3) is 10.6. The minimum atomic E-state index is 0.672. The van der Waals surface area contributed by atoms with E-state index in [1.807, 2.05) is 72.8 Å². The Hall–Kier alpha value is -5.33. The van der Waals surface area contributed by atoms with Gasteiger partial charge in [0.15, 0.2) is 0 Å². The SMILES string of the molecule is N#Cc1ccc(-c2ccc(OCCCCCCCC[n+]3ccn(CCCCOc4ccc(-c5ccc(C#N)cc5)cc4)c3)cc2)cc1. The highest BCUT2D eigenvalue weighted by Crippen LogP contribution is 2.24. The number of ether oxygens (including phenoxy) is 2. The highest BCUT2D eigenvalue weighted by molar-refractivity contribution is 5.65. The maximum Gasteiger partial charge on any atom is 0.243 e. The molecule has 47 heavy (non-hydrogen) atoms. The molecule has 0 aliphatic carbocycles. The van der Waals surface area contributed by atoms with Gasteiger partial charge in [0, 0.05) is 0 Å². The molecule has 0 radical (unpaired) electrons. The van der Waals surface area contributed by atoms with Crippen molar-refractivity contribution in [3.8, 4) is 45.9 Å². The number of nitrogens with zero attached hydrogens (tertiary/aromatic N) is 4. The minimum Gasteiger partial charge on any atom is -0.494 e. The molecule has 0 amide bonds. The number of benzene rings is 4. The van der Waals surface area contributed by atoms with Gasteiger partial charge in [-0.25, -0.2) is 9.13 Å². The molecule has 5 aromatic rings. The average molecular weight is 624 g/mol. The van der Waals surface area contributed by atoms with Crippen LogP contribution < -0.4 is 14.0 Å². The van der Waals surface area contributed by atoms with Crippen LogP contribution in [0.15, 0.2) is 116 Å². The van der Waals surface area contributed by atoms with Crippen molar-refractivity contribution in [2.45, 2.75) is 64.5 Å². The smallest absolute Gasteiger partial charge is 0.243 e. The maximum atomic E-state index is 8.97. The lowest BCUT2D eigenvalue weighted by Gasteiger charge is -2.08. The van der Waals surface area contributed by atoms with E-state index in [0.717, 1.165) is 72.7 Å². The molecule has 0 aliphatic rings. The van der Waals surface area contributed by atoms with Crippen LogP contribution in [-0.2, 0) is 13.1 Å². The normalized spacial score (nSPS) is 10.7. The van der Waals surface area contributed by atoms with Gasteiger partial charge in [0.25, 0.3) is 0 Å². The lowest BCUT2D eigenvalue weighted by molar-refractivity contribution is -0.696. The number of aryl methyl sites for hydroxylation is 2. The monoisotopic (exact) mass is 623 g/mol. The Balaban J connectivity index is 0.864. The molecule has 0 saturated heterocycles.